The lowest BCUT2D eigenvalue weighted by molar-refractivity contribution is -0.152. The number of hydrogen-bond acceptors (Lipinski definition) is 2. The van der Waals surface area contributed by atoms with Gasteiger partial charge in [-0.3, -0.25) is 0 Å². The fourth-order valence-corrected chi connectivity index (χ4v) is 2.29. The lowest BCUT2D eigenvalue weighted by Gasteiger charge is -2.24. The summed E-state index contributed by atoms with van der Waals surface area (Å²) in [5.74, 6) is -0.587. The molecule has 1 saturated carbocycles. The number of ether oxygens (including phenoxy) is 1. The van der Waals surface area contributed by atoms with Crippen molar-refractivity contribution in [3.05, 3.63) is 0 Å². The summed E-state index contributed by atoms with van der Waals surface area (Å²) >= 11 is 0. The Bertz CT molecular complexity index is 171. The molecule has 0 heterocycles. The molecule has 1 atom stereocenters. The number of hydrogen-bond donors (Lipinski definition) is 1. The zero-order chi connectivity index (χ0) is 10.4. The van der Waals surface area contributed by atoms with Crippen LogP contribution in [-0.2, 0) is 9.53 Å². The molecule has 1 unspecified atom stereocenters. The second kappa shape index (κ2) is 6.02. The molecule has 3 nitrogen and oxygen atoms in total. The quantitative estimate of drug-likeness (QED) is 0.761. The van der Waals surface area contributed by atoms with Crippen LogP contribution >= 0.6 is 0 Å². The summed E-state index contributed by atoms with van der Waals surface area (Å²) in [6.07, 6.45) is 7.51. The summed E-state index contributed by atoms with van der Waals surface area (Å²) in [6, 6.07) is 0. The monoisotopic (exact) mass is 200 g/mol. The maximum Gasteiger partial charge on any atom is 0.333 e. The zero-order valence-corrected chi connectivity index (χ0v) is 8.87. The number of methoxy groups -OCH3 is 1. The van der Waals surface area contributed by atoms with Gasteiger partial charge in [-0.1, -0.05) is 32.1 Å². The number of carboxylic acid groups (broad SMARTS) is 1. The van der Waals surface area contributed by atoms with E-state index >= 15 is 0 Å². The predicted molar refractivity (Wildman–Crippen MR) is 54.2 cm³/mol. The van der Waals surface area contributed by atoms with Gasteiger partial charge in [-0.15, -0.1) is 0 Å². The first-order valence-electron chi connectivity index (χ1n) is 5.51. The Morgan fingerprint density at radius 3 is 2.14 bits per heavy atom. The van der Waals surface area contributed by atoms with E-state index in [0.717, 1.165) is 25.7 Å². The highest BCUT2D eigenvalue weighted by atomic mass is 16.5. The van der Waals surface area contributed by atoms with Crippen LogP contribution in [0.5, 0.6) is 0 Å². The summed E-state index contributed by atoms with van der Waals surface area (Å²) in [5.41, 5.74) is 0. The Morgan fingerprint density at radius 2 is 1.71 bits per heavy atom. The van der Waals surface area contributed by atoms with Crippen molar-refractivity contribution in [2.24, 2.45) is 5.92 Å². The molecular formula is C11H20O3. The molecule has 3 heteroatoms. The van der Waals surface area contributed by atoms with Crippen molar-refractivity contribution in [1.82, 2.24) is 0 Å². The van der Waals surface area contributed by atoms with E-state index in [9.17, 15) is 4.79 Å². The van der Waals surface area contributed by atoms with E-state index in [1.165, 1.54) is 26.4 Å². The van der Waals surface area contributed by atoms with E-state index in [1.807, 2.05) is 0 Å². The van der Waals surface area contributed by atoms with Crippen LogP contribution in [0.1, 0.15) is 44.9 Å². The van der Waals surface area contributed by atoms with Gasteiger partial charge < -0.3 is 9.84 Å². The molecule has 1 aliphatic rings. The van der Waals surface area contributed by atoms with Gasteiger partial charge in [-0.05, 0) is 18.8 Å². The van der Waals surface area contributed by atoms with Crippen LogP contribution in [0.15, 0.2) is 0 Å². The van der Waals surface area contributed by atoms with Gasteiger partial charge in [0.1, 0.15) is 0 Å². The third-order valence-corrected chi connectivity index (χ3v) is 3.08. The topological polar surface area (TPSA) is 46.5 Å². The minimum atomic E-state index is -0.807. The van der Waals surface area contributed by atoms with Gasteiger partial charge in [0.05, 0.1) is 0 Å². The second-order valence-corrected chi connectivity index (χ2v) is 4.10. The van der Waals surface area contributed by atoms with Gasteiger partial charge in [-0.25, -0.2) is 4.79 Å². The van der Waals surface area contributed by atoms with Gasteiger partial charge in [0.15, 0.2) is 6.10 Å². The molecule has 0 aromatic rings. The van der Waals surface area contributed by atoms with Gasteiger partial charge >= 0.3 is 5.97 Å². The van der Waals surface area contributed by atoms with E-state index in [4.69, 9.17) is 9.84 Å². The average Bonchev–Trinajstić information content (AvgIpc) is 2.08. The first-order valence-corrected chi connectivity index (χ1v) is 5.51. The normalized spacial score (nSPS) is 22.4. The molecule has 1 fully saturated rings. The minimum absolute atomic E-state index is 0.220. The number of carboxylic acids is 1. The SMILES string of the molecule is COC(C(=O)O)C1CCCCCCC1. The molecule has 1 rings (SSSR count). The second-order valence-electron chi connectivity index (χ2n) is 4.10. The Balaban J connectivity index is 2.48. The van der Waals surface area contributed by atoms with E-state index in [-0.39, 0.29) is 5.92 Å². The predicted octanol–water partition coefficient (Wildman–Crippen LogP) is 2.45. The highest BCUT2D eigenvalue weighted by Gasteiger charge is 2.27. The molecule has 1 N–H and O–H groups in total. The average molecular weight is 200 g/mol. The molecule has 0 aliphatic heterocycles. The number of carbonyl (C=O) groups is 1. The summed E-state index contributed by atoms with van der Waals surface area (Å²) in [6.45, 7) is 0. The van der Waals surface area contributed by atoms with Gasteiger partial charge in [0, 0.05) is 7.11 Å². The van der Waals surface area contributed by atoms with Gasteiger partial charge in [-0.2, -0.15) is 0 Å². The molecule has 82 valence electrons. The maximum absolute atomic E-state index is 10.9. The van der Waals surface area contributed by atoms with Crippen molar-refractivity contribution in [1.29, 1.82) is 0 Å². The molecule has 0 radical (unpaired) electrons. The summed E-state index contributed by atoms with van der Waals surface area (Å²) in [5, 5.41) is 8.96. The van der Waals surface area contributed by atoms with Crippen LogP contribution in [0.25, 0.3) is 0 Å². The van der Waals surface area contributed by atoms with E-state index in [1.54, 1.807) is 0 Å². The molecule has 1 aliphatic carbocycles. The van der Waals surface area contributed by atoms with E-state index < -0.39 is 12.1 Å². The summed E-state index contributed by atoms with van der Waals surface area (Å²) < 4.78 is 5.05. The summed E-state index contributed by atoms with van der Waals surface area (Å²) in [4.78, 5) is 10.9. The minimum Gasteiger partial charge on any atom is -0.479 e. The first-order chi connectivity index (χ1) is 6.75. The zero-order valence-electron chi connectivity index (χ0n) is 8.87. The smallest absolute Gasteiger partial charge is 0.333 e. The molecule has 0 saturated heterocycles. The van der Waals surface area contributed by atoms with E-state index in [2.05, 4.69) is 0 Å². The van der Waals surface area contributed by atoms with Crippen LogP contribution in [-0.4, -0.2) is 24.3 Å². The molecule has 0 bridgehead atoms. The van der Waals surface area contributed by atoms with Crippen LogP contribution in [0.2, 0.25) is 0 Å². The Kier molecular flexibility index (Phi) is 4.94. The van der Waals surface area contributed by atoms with Crippen LogP contribution < -0.4 is 0 Å². The highest BCUT2D eigenvalue weighted by molar-refractivity contribution is 5.72. The molecule has 0 amide bonds. The third kappa shape index (κ3) is 3.29. The molecule has 0 aromatic heterocycles. The first kappa shape index (κ1) is 11.5. The van der Waals surface area contributed by atoms with Gasteiger partial charge in [0.25, 0.3) is 0 Å². The maximum atomic E-state index is 10.9. The molecule has 14 heavy (non-hydrogen) atoms. The lowest BCUT2D eigenvalue weighted by Crippen LogP contribution is -2.31. The van der Waals surface area contributed by atoms with Crippen LogP contribution in [0.3, 0.4) is 0 Å². The third-order valence-electron chi connectivity index (χ3n) is 3.08. The van der Waals surface area contributed by atoms with Crippen molar-refractivity contribution in [2.45, 2.75) is 51.0 Å². The van der Waals surface area contributed by atoms with Gasteiger partial charge in [0.2, 0.25) is 0 Å². The van der Waals surface area contributed by atoms with E-state index in [0.29, 0.717) is 0 Å². The fourth-order valence-electron chi connectivity index (χ4n) is 2.29. The Labute approximate surface area is 85.5 Å². The number of rotatable bonds is 3. The lowest BCUT2D eigenvalue weighted by atomic mass is 9.87. The van der Waals surface area contributed by atoms with Crippen LogP contribution in [0, 0.1) is 5.92 Å². The largest absolute Gasteiger partial charge is 0.479 e. The Morgan fingerprint density at radius 1 is 1.21 bits per heavy atom. The van der Waals surface area contributed by atoms with Crippen molar-refractivity contribution in [3.63, 3.8) is 0 Å². The number of aliphatic carboxylic acids is 1. The van der Waals surface area contributed by atoms with Crippen molar-refractivity contribution >= 4 is 5.97 Å². The van der Waals surface area contributed by atoms with Crippen molar-refractivity contribution in [2.75, 3.05) is 7.11 Å². The standard InChI is InChI=1S/C11H20O3/c1-14-10(11(12)13)9-7-5-3-2-4-6-8-9/h9-10H,2-8H2,1H3,(H,12,13). The van der Waals surface area contributed by atoms with Crippen molar-refractivity contribution in [3.8, 4) is 0 Å². The van der Waals surface area contributed by atoms with Crippen molar-refractivity contribution < 1.29 is 14.6 Å². The molecular weight excluding hydrogens is 180 g/mol. The molecule has 0 spiro atoms. The summed E-state index contributed by atoms with van der Waals surface area (Å²) in [7, 11) is 1.50. The molecule has 0 aromatic carbocycles. The van der Waals surface area contributed by atoms with Crippen LogP contribution in [0.4, 0.5) is 0 Å². The Hall–Kier alpha value is -0.570. The highest BCUT2D eigenvalue weighted by Crippen LogP contribution is 2.26. The fraction of sp³-hybridized carbons (Fsp3) is 0.909.